The SMILES string of the molecule is NCC(F)c1ccc(Cl)cc1Cl. The molecule has 4 heteroatoms. The van der Waals surface area contributed by atoms with Crippen molar-refractivity contribution in [2.75, 3.05) is 6.54 Å². The zero-order valence-corrected chi connectivity index (χ0v) is 7.74. The summed E-state index contributed by atoms with van der Waals surface area (Å²) >= 11 is 11.3. The summed E-state index contributed by atoms with van der Waals surface area (Å²) in [6, 6.07) is 4.63. The van der Waals surface area contributed by atoms with Gasteiger partial charge in [-0.1, -0.05) is 29.3 Å². The van der Waals surface area contributed by atoms with Crippen LogP contribution < -0.4 is 5.73 Å². The Kier molecular flexibility index (Phi) is 3.32. The summed E-state index contributed by atoms with van der Waals surface area (Å²) in [6.45, 7) is -0.0681. The van der Waals surface area contributed by atoms with E-state index in [0.29, 0.717) is 15.6 Å². The molecule has 66 valence electrons. The number of alkyl halides is 1. The summed E-state index contributed by atoms with van der Waals surface area (Å²) in [5, 5.41) is 0.813. The maximum atomic E-state index is 13.0. The molecule has 0 heterocycles. The van der Waals surface area contributed by atoms with Crippen molar-refractivity contribution in [3.8, 4) is 0 Å². The van der Waals surface area contributed by atoms with Crippen LogP contribution in [-0.4, -0.2) is 6.54 Å². The molecule has 1 unspecified atom stereocenters. The Labute approximate surface area is 80.3 Å². The predicted molar refractivity (Wildman–Crippen MR) is 49.4 cm³/mol. The van der Waals surface area contributed by atoms with E-state index in [4.69, 9.17) is 28.9 Å². The molecule has 12 heavy (non-hydrogen) atoms. The van der Waals surface area contributed by atoms with Crippen molar-refractivity contribution < 1.29 is 4.39 Å². The van der Waals surface area contributed by atoms with Gasteiger partial charge in [-0.15, -0.1) is 0 Å². The van der Waals surface area contributed by atoms with Gasteiger partial charge in [0.25, 0.3) is 0 Å². The molecular formula is C8H8Cl2FN. The fourth-order valence-electron chi connectivity index (χ4n) is 0.883. The quantitative estimate of drug-likeness (QED) is 0.794. The third kappa shape index (κ3) is 2.09. The van der Waals surface area contributed by atoms with Gasteiger partial charge in [-0.3, -0.25) is 0 Å². The highest BCUT2D eigenvalue weighted by Crippen LogP contribution is 2.27. The van der Waals surface area contributed by atoms with Crippen LogP contribution in [0.5, 0.6) is 0 Å². The Balaban J connectivity index is 3.01. The second-order valence-corrected chi connectivity index (χ2v) is 3.21. The van der Waals surface area contributed by atoms with Crippen LogP contribution in [0.25, 0.3) is 0 Å². The van der Waals surface area contributed by atoms with Crippen LogP contribution in [0, 0.1) is 0 Å². The Morgan fingerprint density at radius 2 is 2.08 bits per heavy atom. The summed E-state index contributed by atoms with van der Waals surface area (Å²) in [6.07, 6.45) is -1.21. The lowest BCUT2D eigenvalue weighted by Crippen LogP contribution is -2.07. The maximum Gasteiger partial charge on any atom is 0.139 e. The van der Waals surface area contributed by atoms with E-state index in [0.717, 1.165) is 0 Å². The molecular weight excluding hydrogens is 200 g/mol. The van der Waals surface area contributed by atoms with E-state index in [9.17, 15) is 4.39 Å². The minimum Gasteiger partial charge on any atom is -0.327 e. The van der Waals surface area contributed by atoms with Crippen molar-refractivity contribution in [1.82, 2.24) is 0 Å². The molecule has 1 aromatic carbocycles. The Bertz CT molecular complexity index is 278. The van der Waals surface area contributed by atoms with Gasteiger partial charge in [0.15, 0.2) is 0 Å². The van der Waals surface area contributed by atoms with Crippen molar-refractivity contribution in [2.45, 2.75) is 6.17 Å². The second-order valence-electron chi connectivity index (χ2n) is 2.37. The fourth-order valence-corrected chi connectivity index (χ4v) is 1.41. The van der Waals surface area contributed by atoms with Gasteiger partial charge in [0.05, 0.1) is 0 Å². The van der Waals surface area contributed by atoms with Gasteiger partial charge < -0.3 is 5.73 Å². The van der Waals surface area contributed by atoms with Gasteiger partial charge >= 0.3 is 0 Å². The van der Waals surface area contributed by atoms with Gasteiger partial charge in [0, 0.05) is 22.2 Å². The maximum absolute atomic E-state index is 13.0. The highest BCUT2D eigenvalue weighted by molar-refractivity contribution is 6.35. The standard InChI is InChI=1S/C8H8Cl2FN/c9-5-1-2-6(7(10)3-5)8(11)4-12/h1-3,8H,4,12H2. The van der Waals surface area contributed by atoms with Gasteiger partial charge in [0.1, 0.15) is 6.17 Å². The van der Waals surface area contributed by atoms with Crippen molar-refractivity contribution in [2.24, 2.45) is 5.73 Å². The molecule has 0 aromatic heterocycles. The summed E-state index contributed by atoms with van der Waals surface area (Å²) in [7, 11) is 0. The second kappa shape index (κ2) is 4.08. The predicted octanol–water partition coefficient (Wildman–Crippen LogP) is 2.96. The number of hydrogen-bond acceptors (Lipinski definition) is 1. The summed E-state index contributed by atoms with van der Waals surface area (Å²) in [5.74, 6) is 0. The van der Waals surface area contributed by atoms with E-state index in [2.05, 4.69) is 0 Å². The number of halogens is 3. The zero-order chi connectivity index (χ0) is 9.14. The smallest absolute Gasteiger partial charge is 0.139 e. The molecule has 0 spiro atoms. The van der Waals surface area contributed by atoms with E-state index in [1.165, 1.54) is 6.07 Å². The summed E-state index contributed by atoms with van der Waals surface area (Å²) < 4.78 is 13.0. The van der Waals surface area contributed by atoms with E-state index in [-0.39, 0.29) is 6.54 Å². The highest BCUT2D eigenvalue weighted by atomic mass is 35.5. The van der Waals surface area contributed by atoms with Crippen LogP contribution in [0.3, 0.4) is 0 Å². The number of rotatable bonds is 2. The normalized spacial score (nSPS) is 13.0. The monoisotopic (exact) mass is 207 g/mol. The van der Waals surface area contributed by atoms with Crippen LogP contribution >= 0.6 is 23.2 Å². The van der Waals surface area contributed by atoms with Crippen LogP contribution in [-0.2, 0) is 0 Å². The highest BCUT2D eigenvalue weighted by Gasteiger charge is 2.11. The lowest BCUT2D eigenvalue weighted by Gasteiger charge is -2.07. The van der Waals surface area contributed by atoms with Crippen molar-refractivity contribution in [3.63, 3.8) is 0 Å². The first-order chi connectivity index (χ1) is 5.65. The van der Waals surface area contributed by atoms with E-state index >= 15 is 0 Å². The lowest BCUT2D eigenvalue weighted by molar-refractivity contribution is 0.353. The molecule has 0 amide bonds. The van der Waals surface area contributed by atoms with Gasteiger partial charge in [0.2, 0.25) is 0 Å². The zero-order valence-electron chi connectivity index (χ0n) is 6.23. The van der Waals surface area contributed by atoms with Gasteiger partial charge in [-0.05, 0) is 12.1 Å². The molecule has 1 rings (SSSR count). The molecule has 1 atom stereocenters. The molecule has 0 radical (unpaired) electrons. The molecule has 2 N–H and O–H groups in total. The molecule has 1 nitrogen and oxygen atoms in total. The Morgan fingerprint density at radius 1 is 1.42 bits per heavy atom. The van der Waals surface area contributed by atoms with E-state index in [1.54, 1.807) is 12.1 Å². The Hall–Kier alpha value is -0.310. The summed E-state index contributed by atoms with van der Waals surface area (Å²) in [4.78, 5) is 0. The topological polar surface area (TPSA) is 26.0 Å². The first-order valence-corrected chi connectivity index (χ1v) is 4.20. The number of nitrogens with two attached hydrogens (primary N) is 1. The minimum absolute atomic E-state index is 0.0681. The molecule has 1 aromatic rings. The average Bonchev–Trinajstić information content (AvgIpc) is 2.03. The molecule has 0 aliphatic heterocycles. The summed E-state index contributed by atoms with van der Waals surface area (Å²) in [5.41, 5.74) is 5.54. The number of hydrogen-bond donors (Lipinski definition) is 1. The van der Waals surface area contributed by atoms with Crippen molar-refractivity contribution in [3.05, 3.63) is 33.8 Å². The van der Waals surface area contributed by atoms with Crippen LogP contribution in [0.1, 0.15) is 11.7 Å². The molecule has 0 saturated heterocycles. The first kappa shape index (κ1) is 9.78. The minimum atomic E-state index is -1.21. The van der Waals surface area contributed by atoms with E-state index in [1.807, 2.05) is 0 Å². The van der Waals surface area contributed by atoms with Crippen molar-refractivity contribution in [1.29, 1.82) is 0 Å². The first-order valence-electron chi connectivity index (χ1n) is 3.44. The number of benzene rings is 1. The van der Waals surface area contributed by atoms with Gasteiger partial charge in [-0.25, -0.2) is 4.39 Å². The van der Waals surface area contributed by atoms with Gasteiger partial charge in [-0.2, -0.15) is 0 Å². The molecule has 0 fully saturated rings. The lowest BCUT2D eigenvalue weighted by atomic mass is 10.1. The van der Waals surface area contributed by atoms with Crippen molar-refractivity contribution >= 4 is 23.2 Å². The van der Waals surface area contributed by atoms with E-state index < -0.39 is 6.17 Å². The van der Waals surface area contributed by atoms with Crippen LogP contribution in [0.4, 0.5) is 4.39 Å². The molecule has 0 aliphatic carbocycles. The molecule has 0 aliphatic rings. The third-order valence-electron chi connectivity index (χ3n) is 1.51. The average molecular weight is 208 g/mol. The van der Waals surface area contributed by atoms with Crippen LogP contribution in [0.2, 0.25) is 10.0 Å². The largest absolute Gasteiger partial charge is 0.327 e. The third-order valence-corrected chi connectivity index (χ3v) is 2.07. The molecule has 0 bridgehead atoms. The fraction of sp³-hybridized carbons (Fsp3) is 0.250. The molecule has 0 saturated carbocycles. The Morgan fingerprint density at radius 3 is 2.58 bits per heavy atom. The van der Waals surface area contributed by atoms with Crippen LogP contribution in [0.15, 0.2) is 18.2 Å².